The summed E-state index contributed by atoms with van der Waals surface area (Å²) in [5.74, 6) is 0. The van der Waals surface area contributed by atoms with E-state index in [2.05, 4.69) is 65.7 Å². The Balaban J connectivity index is 0. The zero-order valence-electron chi connectivity index (χ0n) is 24.6. The molecule has 0 aliphatic rings. The third-order valence-electron chi connectivity index (χ3n) is 7.34. The molecular formula is C30H64Br2O2Si. The van der Waals surface area contributed by atoms with Gasteiger partial charge in [-0.05, 0) is 43.8 Å². The van der Waals surface area contributed by atoms with Gasteiger partial charge in [-0.25, -0.2) is 0 Å². The van der Waals surface area contributed by atoms with Crippen LogP contribution in [-0.4, -0.2) is 37.3 Å². The van der Waals surface area contributed by atoms with Crippen LogP contribution in [0.5, 0.6) is 0 Å². The zero-order chi connectivity index (χ0) is 26.7. The summed E-state index contributed by atoms with van der Waals surface area (Å²) in [4.78, 5) is 0. The summed E-state index contributed by atoms with van der Waals surface area (Å²) in [6.45, 7) is 13.0. The fraction of sp³-hybridized carbons (Fsp3) is 1.00. The van der Waals surface area contributed by atoms with Crippen molar-refractivity contribution in [3.63, 3.8) is 0 Å². The molecule has 0 fully saturated rings. The second kappa shape index (κ2) is 28.1. The lowest BCUT2D eigenvalue weighted by atomic mass is 10.1. The molecule has 1 N–H and O–H groups in total. The third kappa shape index (κ3) is 29.5. The second-order valence-corrected chi connectivity index (χ2v) is 18.2. The van der Waals surface area contributed by atoms with E-state index < -0.39 is 8.32 Å². The van der Waals surface area contributed by atoms with Crippen LogP contribution >= 0.6 is 31.9 Å². The number of unbranched alkanes of at least 4 members (excludes halogenated alkanes) is 18. The van der Waals surface area contributed by atoms with E-state index in [1.54, 1.807) is 0 Å². The zero-order valence-corrected chi connectivity index (χ0v) is 28.8. The first-order valence-corrected chi connectivity index (χ1v) is 20.2. The Kier molecular flexibility index (Phi) is 30.7. The van der Waals surface area contributed by atoms with Gasteiger partial charge >= 0.3 is 0 Å². The highest BCUT2D eigenvalue weighted by molar-refractivity contribution is 9.09. The quantitative estimate of drug-likeness (QED) is 0.0644. The summed E-state index contributed by atoms with van der Waals surface area (Å²) in [5, 5.41) is 11.3. The lowest BCUT2D eigenvalue weighted by Gasteiger charge is -2.36. The van der Waals surface area contributed by atoms with E-state index >= 15 is 0 Å². The number of aliphatic hydroxyl groups excluding tert-OH is 1. The van der Waals surface area contributed by atoms with Crippen molar-refractivity contribution in [2.24, 2.45) is 0 Å². The topological polar surface area (TPSA) is 29.5 Å². The van der Waals surface area contributed by atoms with Gasteiger partial charge in [0.15, 0.2) is 8.32 Å². The Labute approximate surface area is 239 Å². The summed E-state index contributed by atoms with van der Waals surface area (Å²) in [7, 11) is -1.51. The number of aliphatic hydroxyl groups is 1. The molecule has 0 amide bonds. The van der Waals surface area contributed by atoms with Gasteiger partial charge in [0, 0.05) is 23.9 Å². The van der Waals surface area contributed by atoms with Crippen LogP contribution in [0.4, 0.5) is 0 Å². The first kappa shape index (κ1) is 38.2. The average Bonchev–Trinajstić information content (AvgIpc) is 2.81. The molecule has 0 saturated heterocycles. The summed E-state index contributed by atoms with van der Waals surface area (Å²) in [6.07, 6.45) is 27.0. The molecular weight excluding hydrogens is 580 g/mol. The molecule has 35 heavy (non-hydrogen) atoms. The summed E-state index contributed by atoms with van der Waals surface area (Å²) < 4.78 is 6.21. The van der Waals surface area contributed by atoms with E-state index in [0.717, 1.165) is 18.4 Å². The van der Waals surface area contributed by atoms with Crippen molar-refractivity contribution in [3.05, 3.63) is 0 Å². The maximum absolute atomic E-state index is 8.59. The van der Waals surface area contributed by atoms with E-state index in [9.17, 15) is 0 Å². The molecule has 0 rings (SSSR count). The molecule has 0 aromatic carbocycles. The normalized spacial score (nSPS) is 12.0. The minimum Gasteiger partial charge on any atom is -0.417 e. The Morgan fingerprint density at radius 3 is 1.09 bits per heavy atom. The molecule has 2 nitrogen and oxygen atoms in total. The van der Waals surface area contributed by atoms with Crippen LogP contribution in [0, 0.1) is 0 Å². The number of hydrogen-bond acceptors (Lipinski definition) is 2. The van der Waals surface area contributed by atoms with Gasteiger partial charge in [0.25, 0.3) is 0 Å². The van der Waals surface area contributed by atoms with Gasteiger partial charge in [-0.1, -0.05) is 155 Å². The SMILES string of the molecule is CC(C)(C)[Si](C)(C)OCCCCCCCCCCCCBr.OCCCCCCCCCCCCBr. The minimum atomic E-state index is -1.51. The van der Waals surface area contributed by atoms with Gasteiger partial charge in [0.2, 0.25) is 0 Å². The van der Waals surface area contributed by atoms with Crippen LogP contribution in [0.3, 0.4) is 0 Å². The van der Waals surface area contributed by atoms with Crippen LogP contribution in [0.2, 0.25) is 18.1 Å². The lowest BCUT2D eigenvalue weighted by Crippen LogP contribution is -2.40. The van der Waals surface area contributed by atoms with Crippen LogP contribution in [0.1, 0.15) is 149 Å². The molecule has 0 bridgehead atoms. The van der Waals surface area contributed by atoms with Crippen molar-refractivity contribution in [2.45, 2.75) is 167 Å². The van der Waals surface area contributed by atoms with E-state index in [1.165, 1.54) is 127 Å². The van der Waals surface area contributed by atoms with Gasteiger partial charge < -0.3 is 9.53 Å². The Bertz CT molecular complexity index is 388. The van der Waals surface area contributed by atoms with Gasteiger partial charge in [-0.3, -0.25) is 0 Å². The molecule has 0 spiro atoms. The Morgan fingerprint density at radius 1 is 0.514 bits per heavy atom. The number of halogens is 2. The molecule has 0 aliphatic carbocycles. The van der Waals surface area contributed by atoms with Gasteiger partial charge in [-0.15, -0.1) is 0 Å². The highest BCUT2D eigenvalue weighted by Gasteiger charge is 2.36. The fourth-order valence-electron chi connectivity index (χ4n) is 3.78. The van der Waals surface area contributed by atoms with Crippen molar-refractivity contribution < 1.29 is 9.53 Å². The van der Waals surface area contributed by atoms with E-state index in [0.29, 0.717) is 11.6 Å². The van der Waals surface area contributed by atoms with Crippen LogP contribution < -0.4 is 0 Å². The smallest absolute Gasteiger partial charge is 0.191 e. The molecule has 0 aliphatic heterocycles. The first-order valence-electron chi connectivity index (χ1n) is 15.1. The van der Waals surface area contributed by atoms with Crippen LogP contribution in [-0.2, 0) is 4.43 Å². The van der Waals surface area contributed by atoms with Gasteiger partial charge in [0.1, 0.15) is 0 Å². The maximum Gasteiger partial charge on any atom is 0.191 e. The van der Waals surface area contributed by atoms with Crippen molar-refractivity contribution in [1.29, 1.82) is 0 Å². The summed E-state index contributed by atoms with van der Waals surface area (Å²) >= 11 is 6.94. The molecule has 0 heterocycles. The molecule has 0 unspecified atom stereocenters. The van der Waals surface area contributed by atoms with Crippen LogP contribution in [0.25, 0.3) is 0 Å². The summed E-state index contributed by atoms with van der Waals surface area (Å²) in [6, 6.07) is 0. The average molecular weight is 645 g/mol. The van der Waals surface area contributed by atoms with Crippen molar-refractivity contribution in [3.8, 4) is 0 Å². The predicted molar refractivity (Wildman–Crippen MR) is 170 cm³/mol. The molecule has 0 atom stereocenters. The van der Waals surface area contributed by atoms with Crippen molar-refractivity contribution in [1.82, 2.24) is 0 Å². The molecule has 0 radical (unpaired) electrons. The van der Waals surface area contributed by atoms with Crippen molar-refractivity contribution in [2.75, 3.05) is 23.9 Å². The van der Waals surface area contributed by atoms with Crippen LogP contribution in [0.15, 0.2) is 0 Å². The standard InChI is InChI=1S/C18H39BrOSi.C12H25BrO/c1-18(2,3)21(4,5)20-17-15-13-11-9-7-6-8-10-12-14-16-19;13-11-9-7-5-3-1-2-4-6-8-10-12-14/h6-17H2,1-5H3;14H,1-12H2. The van der Waals surface area contributed by atoms with Gasteiger partial charge in [0.05, 0.1) is 0 Å². The summed E-state index contributed by atoms with van der Waals surface area (Å²) in [5.41, 5.74) is 0. The fourth-order valence-corrected chi connectivity index (χ4v) is 5.66. The minimum absolute atomic E-state index is 0.349. The van der Waals surface area contributed by atoms with Gasteiger partial charge in [-0.2, -0.15) is 0 Å². The second-order valence-electron chi connectivity index (χ2n) is 11.8. The number of alkyl halides is 2. The predicted octanol–water partition coefficient (Wildman–Crippen LogP) is 11.6. The molecule has 0 aromatic rings. The Hall–Kier alpha value is 1.10. The highest BCUT2D eigenvalue weighted by Crippen LogP contribution is 2.36. The van der Waals surface area contributed by atoms with Crippen molar-refractivity contribution >= 4 is 40.2 Å². The number of hydrogen-bond donors (Lipinski definition) is 1. The largest absolute Gasteiger partial charge is 0.417 e. The number of rotatable bonds is 24. The van der Waals surface area contributed by atoms with E-state index in [1.807, 2.05) is 0 Å². The highest BCUT2D eigenvalue weighted by atomic mass is 79.9. The third-order valence-corrected chi connectivity index (χ3v) is 13.0. The molecule has 0 aromatic heterocycles. The molecule has 0 saturated carbocycles. The first-order chi connectivity index (χ1) is 16.7. The monoisotopic (exact) mass is 642 g/mol. The Morgan fingerprint density at radius 2 is 0.800 bits per heavy atom. The maximum atomic E-state index is 8.59. The van der Waals surface area contributed by atoms with E-state index in [-0.39, 0.29) is 0 Å². The lowest BCUT2D eigenvalue weighted by molar-refractivity contribution is 0.277. The molecule has 5 heteroatoms. The van der Waals surface area contributed by atoms with E-state index in [4.69, 9.17) is 9.53 Å². The molecule has 214 valence electrons.